The first kappa shape index (κ1) is 15.8. The van der Waals surface area contributed by atoms with E-state index in [-0.39, 0.29) is 0 Å². The lowest BCUT2D eigenvalue weighted by Gasteiger charge is -2.28. The van der Waals surface area contributed by atoms with Gasteiger partial charge in [0.2, 0.25) is 10.0 Å². The summed E-state index contributed by atoms with van der Waals surface area (Å²) < 4.78 is 21.6. The summed E-state index contributed by atoms with van der Waals surface area (Å²) in [5, 5.41) is 24.2. The quantitative estimate of drug-likeness (QED) is 0.511. The molecule has 0 amide bonds. The summed E-state index contributed by atoms with van der Waals surface area (Å²) >= 11 is 0. The molecule has 0 unspecified atom stereocenters. The molecule has 0 aliphatic heterocycles. The average molecular weight is 280 g/mol. The van der Waals surface area contributed by atoms with Crippen LogP contribution in [-0.4, -0.2) is 42.6 Å². The Morgan fingerprint density at radius 3 is 2.22 bits per heavy atom. The van der Waals surface area contributed by atoms with Crippen LogP contribution in [-0.2, 0) is 10.0 Å². The summed E-state index contributed by atoms with van der Waals surface area (Å²) in [4.78, 5) is 0. The van der Waals surface area contributed by atoms with Crippen LogP contribution >= 0.6 is 0 Å². The van der Waals surface area contributed by atoms with E-state index in [1.165, 1.54) is 19.3 Å². The highest BCUT2D eigenvalue weighted by Gasteiger charge is 2.28. The Morgan fingerprint density at radius 2 is 1.72 bits per heavy atom. The molecule has 0 saturated heterocycles. The Labute approximate surface area is 108 Å². The molecule has 3 atom stereocenters. The van der Waals surface area contributed by atoms with Gasteiger partial charge in [-0.2, -0.15) is 0 Å². The van der Waals surface area contributed by atoms with Crippen molar-refractivity contribution in [2.75, 3.05) is 5.75 Å². The minimum absolute atomic E-state index is 0.463. The van der Waals surface area contributed by atoms with Gasteiger partial charge in [-0.15, -0.1) is 0 Å². The van der Waals surface area contributed by atoms with Crippen LogP contribution in [0.15, 0.2) is 0 Å². The summed E-state index contributed by atoms with van der Waals surface area (Å²) in [7, 11) is -3.80. The Morgan fingerprint density at radius 1 is 1.17 bits per heavy atom. The summed E-state index contributed by atoms with van der Waals surface area (Å²) in [6.45, 7) is 0. The van der Waals surface area contributed by atoms with Crippen LogP contribution in [0.1, 0.15) is 38.5 Å². The molecule has 1 aliphatic carbocycles. The molecule has 6 nitrogen and oxygen atoms in total. The molecule has 0 radical (unpaired) electrons. The lowest BCUT2D eigenvalue weighted by Crippen LogP contribution is -2.47. The standard InChI is InChI=1S/C11H24N2O4S/c12-9(6-8-4-2-1-3-5-8)11(15)10(14)7-18(13,16)17/h8-11,14-15H,1-7,12H2,(H2,13,16,17)/t9-,10-,11+/m0/s1. The van der Waals surface area contributed by atoms with Crippen LogP contribution in [0.3, 0.4) is 0 Å². The minimum Gasteiger partial charge on any atom is -0.389 e. The monoisotopic (exact) mass is 280 g/mol. The molecule has 7 heteroatoms. The number of hydrogen-bond donors (Lipinski definition) is 4. The second-order valence-corrected chi connectivity index (χ2v) is 6.95. The molecule has 1 saturated carbocycles. The molecule has 0 bridgehead atoms. The van der Waals surface area contributed by atoms with Crippen molar-refractivity contribution in [1.29, 1.82) is 0 Å². The Balaban J connectivity index is 2.41. The van der Waals surface area contributed by atoms with Crippen molar-refractivity contribution in [2.45, 2.75) is 56.8 Å². The summed E-state index contributed by atoms with van der Waals surface area (Å²) in [6.07, 6.45) is 3.71. The molecule has 18 heavy (non-hydrogen) atoms. The molecular formula is C11H24N2O4S. The van der Waals surface area contributed by atoms with Gasteiger partial charge in [-0.25, -0.2) is 13.6 Å². The molecular weight excluding hydrogens is 256 g/mol. The second kappa shape index (κ2) is 6.81. The van der Waals surface area contributed by atoms with Crippen LogP contribution in [0.25, 0.3) is 0 Å². The SMILES string of the molecule is N[C@@H](CC1CCCCC1)[C@@H](O)[C@@H](O)CS(N)(=O)=O. The van der Waals surface area contributed by atoms with E-state index in [9.17, 15) is 18.6 Å². The van der Waals surface area contributed by atoms with E-state index in [4.69, 9.17) is 10.9 Å². The maximum Gasteiger partial charge on any atom is 0.211 e. The van der Waals surface area contributed by atoms with Crippen LogP contribution < -0.4 is 10.9 Å². The summed E-state index contributed by atoms with van der Waals surface area (Å²) in [5.74, 6) is -0.197. The van der Waals surface area contributed by atoms with E-state index < -0.39 is 34.0 Å². The van der Waals surface area contributed by atoms with Crippen molar-refractivity contribution in [3.63, 3.8) is 0 Å². The first-order chi connectivity index (χ1) is 8.29. The molecule has 0 aromatic carbocycles. The number of sulfonamides is 1. The smallest absolute Gasteiger partial charge is 0.211 e. The molecule has 1 fully saturated rings. The Bertz CT molecular complexity index is 341. The fourth-order valence-electron chi connectivity index (χ4n) is 2.57. The number of nitrogens with two attached hydrogens (primary N) is 2. The summed E-state index contributed by atoms with van der Waals surface area (Å²) in [5.41, 5.74) is 5.82. The molecule has 0 aromatic heterocycles. The average Bonchev–Trinajstić information content (AvgIpc) is 2.27. The molecule has 108 valence electrons. The fourth-order valence-corrected chi connectivity index (χ4v) is 3.24. The minimum atomic E-state index is -3.80. The zero-order valence-electron chi connectivity index (χ0n) is 10.5. The van der Waals surface area contributed by atoms with Crippen LogP contribution in [0.5, 0.6) is 0 Å². The van der Waals surface area contributed by atoms with E-state index >= 15 is 0 Å². The molecule has 0 heterocycles. The zero-order chi connectivity index (χ0) is 13.8. The summed E-state index contributed by atoms with van der Waals surface area (Å²) in [6, 6.07) is -0.607. The second-order valence-electron chi connectivity index (χ2n) is 5.29. The van der Waals surface area contributed by atoms with Gasteiger partial charge in [-0.1, -0.05) is 32.1 Å². The third kappa shape index (κ3) is 5.62. The van der Waals surface area contributed by atoms with Crippen LogP contribution in [0.4, 0.5) is 0 Å². The van der Waals surface area contributed by atoms with E-state index in [2.05, 4.69) is 0 Å². The maximum absolute atomic E-state index is 10.8. The lowest BCUT2D eigenvalue weighted by molar-refractivity contribution is 0.0108. The number of aliphatic hydroxyl groups is 2. The van der Waals surface area contributed by atoms with Gasteiger partial charge in [0.05, 0.1) is 18.0 Å². The van der Waals surface area contributed by atoms with E-state index in [1.54, 1.807) is 0 Å². The first-order valence-electron chi connectivity index (χ1n) is 6.42. The van der Waals surface area contributed by atoms with Crippen molar-refractivity contribution in [1.82, 2.24) is 0 Å². The number of rotatable bonds is 6. The first-order valence-corrected chi connectivity index (χ1v) is 8.13. The number of hydrogen-bond acceptors (Lipinski definition) is 5. The number of primary sulfonamides is 1. The van der Waals surface area contributed by atoms with E-state index in [0.717, 1.165) is 12.8 Å². The molecule has 1 rings (SSSR count). The zero-order valence-corrected chi connectivity index (χ0v) is 11.3. The number of aliphatic hydroxyl groups excluding tert-OH is 2. The molecule has 0 aromatic rings. The highest BCUT2D eigenvalue weighted by atomic mass is 32.2. The molecule has 0 spiro atoms. The third-order valence-electron chi connectivity index (χ3n) is 3.57. The predicted molar refractivity (Wildman–Crippen MR) is 69.2 cm³/mol. The topological polar surface area (TPSA) is 127 Å². The van der Waals surface area contributed by atoms with Gasteiger partial charge in [-0.05, 0) is 12.3 Å². The third-order valence-corrected chi connectivity index (χ3v) is 4.37. The van der Waals surface area contributed by atoms with Gasteiger partial charge in [0, 0.05) is 6.04 Å². The van der Waals surface area contributed by atoms with Gasteiger partial charge in [-0.3, -0.25) is 0 Å². The molecule has 6 N–H and O–H groups in total. The highest BCUT2D eigenvalue weighted by molar-refractivity contribution is 7.89. The Kier molecular flexibility index (Phi) is 6.00. The lowest BCUT2D eigenvalue weighted by atomic mass is 9.83. The van der Waals surface area contributed by atoms with Crippen molar-refractivity contribution in [3.8, 4) is 0 Å². The van der Waals surface area contributed by atoms with Gasteiger partial charge in [0.15, 0.2) is 0 Å². The highest BCUT2D eigenvalue weighted by Crippen LogP contribution is 2.27. The predicted octanol–water partition coefficient (Wildman–Crippen LogP) is -0.706. The van der Waals surface area contributed by atoms with Crippen molar-refractivity contribution < 1.29 is 18.6 Å². The van der Waals surface area contributed by atoms with Crippen molar-refractivity contribution in [3.05, 3.63) is 0 Å². The van der Waals surface area contributed by atoms with Crippen LogP contribution in [0.2, 0.25) is 0 Å². The molecule has 1 aliphatic rings. The van der Waals surface area contributed by atoms with Crippen molar-refractivity contribution in [2.24, 2.45) is 16.8 Å². The van der Waals surface area contributed by atoms with Gasteiger partial charge < -0.3 is 15.9 Å². The maximum atomic E-state index is 10.8. The fraction of sp³-hybridized carbons (Fsp3) is 1.00. The van der Waals surface area contributed by atoms with Crippen LogP contribution in [0, 0.1) is 5.92 Å². The normalized spacial score (nSPS) is 23.6. The van der Waals surface area contributed by atoms with Gasteiger partial charge in [0.1, 0.15) is 0 Å². The largest absolute Gasteiger partial charge is 0.389 e. The van der Waals surface area contributed by atoms with Gasteiger partial charge >= 0.3 is 0 Å². The van der Waals surface area contributed by atoms with Crippen molar-refractivity contribution >= 4 is 10.0 Å². The van der Waals surface area contributed by atoms with E-state index in [1.807, 2.05) is 0 Å². The Hall–Kier alpha value is -0.210. The van der Waals surface area contributed by atoms with Gasteiger partial charge in [0.25, 0.3) is 0 Å². The van der Waals surface area contributed by atoms with E-state index in [0.29, 0.717) is 12.3 Å².